The van der Waals surface area contributed by atoms with Crippen LogP contribution in [0.15, 0.2) is 65.6 Å². The Bertz CT molecular complexity index is 1300. The molecule has 28 heavy (non-hydrogen) atoms. The fraction of sp³-hybridized carbons (Fsp3) is 0.280. The molecule has 3 heteroatoms. The van der Waals surface area contributed by atoms with Crippen LogP contribution in [0.2, 0.25) is 0 Å². The Kier molecular flexibility index (Phi) is 5.64. The molecule has 0 spiro atoms. The summed E-state index contributed by atoms with van der Waals surface area (Å²) in [7, 11) is 0. The van der Waals surface area contributed by atoms with E-state index in [2.05, 4.69) is 38.1 Å². The highest BCUT2D eigenvalue weighted by Gasteiger charge is 2.22. The lowest BCUT2D eigenvalue weighted by atomic mass is 9.94. The maximum atomic E-state index is 13.2. The fourth-order valence-corrected chi connectivity index (χ4v) is 3.88. The van der Waals surface area contributed by atoms with Crippen LogP contribution in [0.25, 0.3) is 32.6 Å². The van der Waals surface area contributed by atoms with Crippen molar-refractivity contribution in [1.82, 2.24) is 4.52 Å². The van der Waals surface area contributed by atoms with Gasteiger partial charge in [0.15, 0.2) is 0 Å². The molecule has 144 valence electrons. The van der Waals surface area contributed by atoms with E-state index in [-0.39, 0.29) is 5.56 Å². The van der Waals surface area contributed by atoms with Crippen LogP contribution in [0, 0.1) is 0 Å². The highest BCUT2D eigenvalue weighted by atomic mass is 16.1. The van der Waals surface area contributed by atoms with Gasteiger partial charge in [-0.25, -0.2) is 0 Å². The molecule has 0 saturated carbocycles. The Hall–Kier alpha value is -2.94. The fourth-order valence-electron chi connectivity index (χ4n) is 3.88. The highest BCUT2D eigenvalue weighted by molar-refractivity contribution is 6.08. The van der Waals surface area contributed by atoms with E-state index in [1.807, 2.05) is 68.7 Å². The van der Waals surface area contributed by atoms with Gasteiger partial charge in [-0.15, -0.1) is 0 Å². The molecule has 0 aliphatic rings. The normalized spacial score (nSPS) is 11.0. The Morgan fingerprint density at radius 2 is 1.54 bits per heavy atom. The lowest BCUT2D eigenvalue weighted by Gasteiger charge is -2.11. The van der Waals surface area contributed by atoms with Crippen LogP contribution >= 0.6 is 0 Å². The number of aromatic nitrogens is 2. The molecule has 3 aromatic carbocycles. The predicted octanol–water partition coefficient (Wildman–Crippen LogP) is 5.96. The lowest BCUT2D eigenvalue weighted by molar-refractivity contribution is -0.589. The second-order valence-electron chi connectivity index (χ2n) is 6.71. The van der Waals surface area contributed by atoms with E-state index >= 15 is 0 Å². The molecule has 3 nitrogen and oxygen atoms in total. The molecule has 0 unspecified atom stereocenters. The van der Waals surface area contributed by atoms with Gasteiger partial charge in [-0.3, -0.25) is 4.79 Å². The standard InChI is InChI=1S/C21H17N2O.2C2H6/c1-13(2)15-10-11-17-20-16(15)7-5-9-19(20)22-12-14-6-3-4-8-18(14)23(22)21(17)24;2*1-2/h3-13H,1-2H3;2*1-2H3/q+1;;. The molecular formula is C25H29N2O+. The van der Waals surface area contributed by atoms with Crippen LogP contribution in [0.3, 0.4) is 0 Å². The number of rotatable bonds is 1. The average molecular weight is 374 g/mol. The highest BCUT2D eigenvalue weighted by Crippen LogP contribution is 2.30. The predicted molar refractivity (Wildman–Crippen MR) is 120 cm³/mol. The summed E-state index contributed by atoms with van der Waals surface area (Å²) in [4.78, 5) is 13.2. The third-order valence-electron chi connectivity index (χ3n) is 4.99. The number of fused-ring (bicyclic) bond motifs is 4. The summed E-state index contributed by atoms with van der Waals surface area (Å²) in [6.45, 7) is 12.4. The van der Waals surface area contributed by atoms with Crippen molar-refractivity contribution in [2.75, 3.05) is 0 Å². The van der Waals surface area contributed by atoms with Gasteiger partial charge >= 0.3 is 5.56 Å². The second kappa shape index (κ2) is 7.97. The Balaban J connectivity index is 0.000000531. The average Bonchev–Trinajstić information content (AvgIpc) is 3.14. The van der Waals surface area contributed by atoms with Gasteiger partial charge in [0.1, 0.15) is 5.52 Å². The van der Waals surface area contributed by atoms with E-state index in [1.54, 1.807) is 4.52 Å². The molecule has 0 saturated heterocycles. The van der Waals surface area contributed by atoms with E-state index in [0.717, 1.165) is 27.2 Å². The Labute approximate surface area is 166 Å². The van der Waals surface area contributed by atoms with Gasteiger partial charge in [0.2, 0.25) is 11.7 Å². The molecule has 2 heterocycles. The molecule has 5 rings (SSSR count). The maximum absolute atomic E-state index is 13.2. The third kappa shape index (κ3) is 2.82. The van der Waals surface area contributed by atoms with Crippen molar-refractivity contribution in [2.45, 2.75) is 47.5 Å². The van der Waals surface area contributed by atoms with Gasteiger partial charge in [-0.2, -0.15) is 0 Å². The summed E-state index contributed by atoms with van der Waals surface area (Å²) in [6, 6.07) is 18.4. The largest absolute Gasteiger partial charge is 0.315 e. The molecule has 0 aliphatic carbocycles. The number of benzene rings is 3. The molecule has 5 aromatic rings. The van der Waals surface area contributed by atoms with Crippen molar-refractivity contribution < 1.29 is 4.52 Å². The first-order chi connectivity index (χ1) is 13.7. The van der Waals surface area contributed by atoms with E-state index in [9.17, 15) is 4.79 Å². The molecule has 0 radical (unpaired) electrons. The van der Waals surface area contributed by atoms with Crippen LogP contribution in [0.5, 0.6) is 0 Å². The van der Waals surface area contributed by atoms with Gasteiger partial charge in [0.25, 0.3) is 0 Å². The molecule has 0 atom stereocenters. The van der Waals surface area contributed by atoms with E-state index in [0.29, 0.717) is 5.92 Å². The molecular weight excluding hydrogens is 344 g/mol. The van der Waals surface area contributed by atoms with Crippen LogP contribution in [0.4, 0.5) is 0 Å². The molecule has 0 aliphatic heterocycles. The lowest BCUT2D eigenvalue weighted by Crippen LogP contribution is -2.37. The summed E-state index contributed by atoms with van der Waals surface area (Å²) in [5, 5.41) is 4.09. The van der Waals surface area contributed by atoms with E-state index in [4.69, 9.17) is 0 Å². The molecule has 2 aromatic heterocycles. The zero-order valence-electron chi connectivity index (χ0n) is 17.7. The smallest absolute Gasteiger partial charge is 0.263 e. The maximum Gasteiger partial charge on any atom is 0.315 e. The van der Waals surface area contributed by atoms with Crippen molar-refractivity contribution in [2.24, 2.45) is 0 Å². The van der Waals surface area contributed by atoms with Crippen molar-refractivity contribution >= 4 is 32.6 Å². The zero-order valence-corrected chi connectivity index (χ0v) is 17.7. The number of para-hydroxylation sites is 1. The monoisotopic (exact) mass is 373 g/mol. The van der Waals surface area contributed by atoms with Gasteiger partial charge in [0.05, 0.1) is 16.2 Å². The number of hydrogen-bond donors (Lipinski definition) is 0. The number of hydrogen-bond acceptors (Lipinski definition) is 1. The Morgan fingerprint density at radius 1 is 0.821 bits per heavy atom. The van der Waals surface area contributed by atoms with Crippen molar-refractivity contribution in [3.8, 4) is 0 Å². The summed E-state index contributed by atoms with van der Waals surface area (Å²) in [5.74, 6) is 0.419. The summed E-state index contributed by atoms with van der Waals surface area (Å²) >= 11 is 0. The first-order valence-corrected chi connectivity index (χ1v) is 10.3. The van der Waals surface area contributed by atoms with Gasteiger partial charge in [-0.05, 0) is 35.1 Å². The van der Waals surface area contributed by atoms with E-state index < -0.39 is 0 Å². The molecule has 0 amide bonds. The molecule has 0 bridgehead atoms. The molecule has 0 fully saturated rings. The van der Waals surface area contributed by atoms with Gasteiger partial charge in [-0.1, -0.05) is 80.9 Å². The van der Waals surface area contributed by atoms with Crippen molar-refractivity contribution in [3.63, 3.8) is 0 Å². The second-order valence-corrected chi connectivity index (χ2v) is 6.71. The first-order valence-electron chi connectivity index (χ1n) is 10.3. The van der Waals surface area contributed by atoms with Crippen LogP contribution < -0.4 is 10.1 Å². The van der Waals surface area contributed by atoms with Gasteiger partial charge < -0.3 is 0 Å². The minimum Gasteiger partial charge on any atom is -0.263 e. The Morgan fingerprint density at radius 3 is 2.25 bits per heavy atom. The topological polar surface area (TPSA) is 25.6 Å². The number of nitrogens with zero attached hydrogens (tertiary/aromatic N) is 2. The van der Waals surface area contributed by atoms with Crippen LogP contribution in [0.1, 0.15) is 53.0 Å². The van der Waals surface area contributed by atoms with Crippen molar-refractivity contribution in [3.05, 3.63) is 76.7 Å². The van der Waals surface area contributed by atoms with E-state index in [1.165, 1.54) is 10.9 Å². The van der Waals surface area contributed by atoms with Crippen LogP contribution in [-0.4, -0.2) is 4.52 Å². The quantitative estimate of drug-likeness (QED) is 0.333. The van der Waals surface area contributed by atoms with Gasteiger partial charge in [0, 0.05) is 6.07 Å². The third-order valence-corrected chi connectivity index (χ3v) is 4.99. The SMILES string of the molecule is CC.CC.CC(C)c1ccc2c(=O)n3c4ccccc4c[n+]3c3cccc1c23. The summed E-state index contributed by atoms with van der Waals surface area (Å²) in [5.41, 5.74) is 3.34. The summed E-state index contributed by atoms with van der Waals surface area (Å²) < 4.78 is 3.77. The minimum atomic E-state index is 0.0372. The van der Waals surface area contributed by atoms with Crippen LogP contribution in [-0.2, 0) is 0 Å². The zero-order chi connectivity index (χ0) is 20.4. The van der Waals surface area contributed by atoms with Crippen molar-refractivity contribution in [1.29, 1.82) is 0 Å². The summed E-state index contributed by atoms with van der Waals surface area (Å²) in [6.07, 6.45) is 2.05. The first kappa shape index (κ1) is 19.8. The minimum absolute atomic E-state index is 0.0372. The molecule has 0 N–H and O–H groups in total.